The molecule has 0 saturated carbocycles. The zero-order chi connectivity index (χ0) is 14.6. The van der Waals surface area contributed by atoms with E-state index >= 15 is 0 Å². The van der Waals surface area contributed by atoms with E-state index in [-0.39, 0.29) is 27.8 Å². The van der Waals surface area contributed by atoms with E-state index in [9.17, 15) is 0 Å². The van der Waals surface area contributed by atoms with Crippen molar-refractivity contribution in [2.45, 2.75) is 13.8 Å². The monoisotopic (exact) mass is 1000 g/mol. The van der Waals surface area contributed by atoms with Crippen molar-refractivity contribution in [3.8, 4) is 0 Å². The van der Waals surface area contributed by atoms with Crippen molar-refractivity contribution in [3.63, 3.8) is 0 Å². The maximum atomic E-state index is 5.67. The second kappa shape index (κ2) is 7.18. The van der Waals surface area contributed by atoms with Gasteiger partial charge >= 0.3 is 0 Å². The van der Waals surface area contributed by atoms with E-state index in [4.69, 9.17) is 6.58 Å². The molecule has 0 bridgehead atoms. The van der Waals surface area contributed by atoms with Crippen LogP contribution in [0.15, 0.2) is 48.5 Å². The molecule has 0 N–H and O–H groups in total. The minimum atomic E-state index is 0. The molecular formula is C22H19ReRf2-3. The van der Waals surface area contributed by atoms with Gasteiger partial charge in [-0.2, -0.15) is 12.1 Å². The van der Waals surface area contributed by atoms with Crippen LogP contribution < -0.4 is 0 Å². The van der Waals surface area contributed by atoms with Crippen molar-refractivity contribution in [3.05, 3.63) is 79.2 Å². The minimum Gasteiger partial charge on any atom is -0.358 e. The maximum absolute atomic E-state index is 5.67. The summed E-state index contributed by atoms with van der Waals surface area (Å²) in [5.74, 6) is 0. The predicted octanol–water partition coefficient (Wildman–Crippen LogP) is 6.38. The van der Waals surface area contributed by atoms with Crippen LogP contribution in [0.3, 0.4) is 0 Å². The average Bonchev–Trinajstić information content (AvgIpc) is 2.80. The molecule has 0 atom stereocenters. The standard InChI is InChI=1S/C21H16.CH3.Re.2Rf/c1-4-15-9-10-18-19(12-15)14(3)20-11-13(2)16-7-5-6-8-17(16)21(18)20;;;;/h1,4-12H,2-3H3;1H3;;;/q-2;-1;;;. The average molecular weight is 1000 g/mol. The van der Waals surface area contributed by atoms with Crippen LogP contribution in [0.1, 0.15) is 16.7 Å². The van der Waals surface area contributed by atoms with Crippen LogP contribution in [-0.4, -0.2) is 0 Å². The fraction of sp³-hybridized carbons (Fsp3) is 0.0909. The Hall–Kier alpha value is -3.81. The molecule has 0 spiro atoms. The molecular weight excluding hydrogens is 984 g/mol. The van der Waals surface area contributed by atoms with Crippen LogP contribution in [0, 0.1) is 27.9 Å². The molecule has 0 fully saturated rings. The Morgan fingerprint density at radius 2 is 1.52 bits per heavy atom. The van der Waals surface area contributed by atoms with Crippen LogP contribution in [0.5, 0.6) is 0 Å². The van der Waals surface area contributed by atoms with Crippen LogP contribution in [0.2, 0.25) is 0 Å². The molecule has 0 nitrogen and oxygen atoms in total. The summed E-state index contributed by atoms with van der Waals surface area (Å²) in [6.45, 7) is 10.1. The van der Waals surface area contributed by atoms with Gasteiger partial charge in [0.05, 0.1) is 0 Å². The molecule has 121 valence electrons. The first-order valence-corrected chi connectivity index (χ1v) is 7.26. The SMILES string of the molecule is [CH-]=Cc1ccc2c3c4ccccc4c(C)cc3[c-](C)c2c1.[CH3-].[Re].[Rf].[Rf]. The third kappa shape index (κ3) is 2.65. The van der Waals surface area contributed by atoms with Crippen LogP contribution in [-0.2, 0) is 20.4 Å². The molecule has 0 saturated heterocycles. The van der Waals surface area contributed by atoms with Gasteiger partial charge in [-0.05, 0) is 12.3 Å². The first-order chi connectivity index (χ1) is 10.2. The number of aryl methyl sites for hydroxylation is 2. The van der Waals surface area contributed by atoms with Gasteiger partial charge in [0.25, 0.3) is 0 Å². The van der Waals surface area contributed by atoms with Crippen LogP contribution >= 0.6 is 0 Å². The molecule has 0 aliphatic rings. The molecule has 0 aliphatic carbocycles. The topological polar surface area (TPSA) is 0 Å². The molecule has 0 aliphatic heterocycles. The summed E-state index contributed by atoms with van der Waals surface area (Å²) in [7, 11) is 0. The largest absolute Gasteiger partial charge is 0.358 e. The summed E-state index contributed by atoms with van der Waals surface area (Å²) < 4.78 is 0. The van der Waals surface area contributed by atoms with Gasteiger partial charge in [-0.3, -0.25) is 6.58 Å². The van der Waals surface area contributed by atoms with E-state index in [1.54, 1.807) is 6.08 Å². The van der Waals surface area contributed by atoms with E-state index in [2.05, 4.69) is 62.4 Å². The quantitative estimate of drug-likeness (QED) is 0.195. The normalized spacial score (nSPS) is 9.68. The summed E-state index contributed by atoms with van der Waals surface area (Å²) >= 11 is 0. The second-order valence-electron chi connectivity index (χ2n) is 5.76. The van der Waals surface area contributed by atoms with Crippen molar-refractivity contribution >= 4 is 38.4 Å². The maximum Gasteiger partial charge on any atom is 0 e. The molecule has 0 unspecified atom stereocenters. The summed E-state index contributed by atoms with van der Waals surface area (Å²) in [6, 6.07) is 17.5. The fourth-order valence-electron chi connectivity index (χ4n) is 3.48. The molecule has 4 rings (SSSR count). The Balaban J connectivity index is 0.00000144. The van der Waals surface area contributed by atoms with E-state index in [1.165, 1.54) is 43.4 Å². The third-order valence-corrected chi connectivity index (χ3v) is 4.56. The zero-order valence-corrected chi connectivity index (χ0v) is 30.6. The summed E-state index contributed by atoms with van der Waals surface area (Å²) in [5.41, 5.74) is 3.75. The van der Waals surface area contributed by atoms with Gasteiger partial charge in [0, 0.05) is 20.4 Å². The molecule has 4 aromatic carbocycles. The number of hydrogen-bond donors (Lipinski definition) is 0. The fourth-order valence-corrected chi connectivity index (χ4v) is 3.48. The zero-order valence-electron chi connectivity index (χ0n) is 15.1. The molecule has 4 aromatic rings. The number of hydrogen-bond acceptors (Lipinski definition) is 0. The van der Waals surface area contributed by atoms with Gasteiger partial charge in [-0.1, -0.05) is 42.1 Å². The van der Waals surface area contributed by atoms with E-state index < -0.39 is 0 Å². The summed E-state index contributed by atoms with van der Waals surface area (Å²) in [6.07, 6.45) is 1.67. The summed E-state index contributed by atoms with van der Waals surface area (Å²) in [5, 5.41) is 8.04. The van der Waals surface area contributed by atoms with Gasteiger partial charge in [-0.25, -0.2) is 11.6 Å². The molecule has 25 heavy (non-hydrogen) atoms. The van der Waals surface area contributed by atoms with Gasteiger partial charge in [-0.15, -0.1) is 39.2 Å². The van der Waals surface area contributed by atoms with Crippen molar-refractivity contribution in [1.29, 1.82) is 0 Å². The van der Waals surface area contributed by atoms with Crippen LogP contribution in [0.4, 0.5) is 0 Å². The number of fused-ring (bicyclic) bond motifs is 5. The summed E-state index contributed by atoms with van der Waals surface area (Å²) in [4.78, 5) is 0. The predicted molar refractivity (Wildman–Crippen MR) is 99.2 cm³/mol. The van der Waals surface area contributed by atoms with E-state index in [0.717, 1.165) is 5.56 Å². The molecule has 0 amide bonds. The van der Waals surface area contributed by atoms with Crippen LogP contribution in [0.25, 0.3) is 38.4 Å². The van der Waals surface area contributed by atoms with Gasteiger partial charge < -0.3 is 7.43 Å². The Bertz CT molecular complexity index is 1030. The van der Waals surface area contributed by atoms with Gasteiger partial charge in [0.2, 0.25) is 0 Å². The van der Waals surface area contributed by atoms with Crippen molar-refractivity contribution in [2.24, 2.45) is 0 Å². The van der Waals surface area contributed by atoms with Crippen molar-refractivity contribution < 1.29 is 20.4 Å². The number of benzene rings is 3. The first kappa shape index (κ1) is 21.2. The second-order valence-corrected chi connectivity index (χ2v) is 5.76. The Morgan fingerprint density at radius 3 is 2.16 bits per heavy atom. The Morgan fingerprint density at radius 1 is 0.880 bits per heavy atom. The first-order valence-electron chi connectivity index (χ1n) is 7.26. The molecule has 1 radical (unpaired) electrons. The molecule has 0 heterocycles. The van der Waals surface area contributed by atoms with E-state index in [1.807, 2.05) is 0 Å². The Kier molecular flexibility index (Phi) is 6.08. The van der Waals surface area contributed by atoms with Gasteiger partial charge in [0.15, 0.2) is 0 Å². The molecule has 3 heteroatoms. The van der Waals surface area contributed by atoms with E-state index in [0.29, 0.717) is 0 Å². The Labute approximate surface area is 151 Å². The van der Waals surface area contributed by atoms with Crippen molar-refractivity contribution in [1.82, 2.24) is 0 Å². The number of rotatable bonds is 1. The smallest absolute Gasteiger partial charge is 0 e. The van der Waals surface area contributed by atoms with Crippen molar-refractivity contribution in [2.75, 3.05) is 0 Å². The van der Waals surface area contributed by atoms with Gasteiger partial charge in [0.1, 0.15) is 0 Å². The molecule has 0 aromatic heterocycles. The third-order valence-electron chi connectivity index (χ3n) is 4.56. The minimum absolute atomic E-state index is 0.